The van der Waals surface area contributed by atoms with Gasteiger partial charge >= 0.3 is 6.36 Å². The lowest BCUT2D eigenvalue weighted by Gasteiger charge is -2.17. The van der Waals surface area contributed by atoms with Crippen molar-refractivity contribution in [1.82, 2.24) is 14.0 Å². The SMILES string of the molecule is Cc1cn(C)c(=O)c2c(C(=O)N3CCC(OC(F)(F)F)C3)cn(C)c12. The molecule has 2 aromatic rings. The first-order valence-corrected chi connectivity index (χ1v) is 7.77. The van der Waals surface area contributed by atoms with Gasteiger partial charge in [-0.25, -0.2) is 0 Å². The molecule has 9 heteroatoms. The summed E-state index contributed by atoms with van der Waals surface area (Å²) in [6.07, 6.45) is -2.46. The summed E-state index contributed by atoms with van der Waals surface area (Å²) >= 11 is 0. The van der Waals surface area contributed by atoms with Gasteiger partial charge < -0.3 is 14.0 Å². The summed E-state index contributed by atoms with van der Waals surface area (Å²) in [7, 11) is 3.32. The van der Waals surface area contributed by atoms with E-state index in [0.29, 0.717) is 5.52 Å². The van der Waals surface area contributed by atoms with Crippen LogP contribution in [-0.2, 0) is 18.8 Å². The maximum absolute atomic E-state index is 12.8. The number of aromatic nitrogens is 2. The molecule has 1 aliphatic heterocycles. The van der Waals surface area contributed by atoms with Crippen molar-refractivity contribution in [3.63, 3.8) is 0 Å². The van der Waals surface area contributed by atoms with E-state index in [2.05, 4.69) is 4.74 Å². The van der Waals surface area contributed by atoms with Gasteiger partial charge in [0.25, 0.3) is 11.5 Å². The van der Waals surface area contributed by atoms with Crippen molar-refractivity contribution in [3.05, 3.63) is 33.9 Å². The number of pyridine rings is 1. The van der Waals surface area contributed by atoms with E-state index in [0.717, 1.165) is 5.56 Å². The van der Waals surface area contributed by atoms with E-state index in [1.807, 2.05) is 6.92 Å². The molecule has 2 aromatic heterocycles. The molecule has 1 saturated heterocycles. The molecule has 0 spiro atoms. The lowest BCUT2D eigenvalue weighted by Crippen LogP contribution is -2.32. The normalized spacial score (nSPS) is 18.3. The van der Waals surface area contributed by atoms with Crippen molar-refractivity contribution < 1.29 is 22.7 Å². The monoisotopic (exact) mass is 357 g/mol. The van der Waals surface area contributed by atoms with E-state index in [9.17, 15) is 22.8 Å². The smallest absolute Gasteiger partial charge is 0.349 e. The first-order valence-electron chi connectivity index (χ1n) is 7.77. The van der Waals surface area contributed by atoms with Crippen LogP contribution in [0.5, 0.6) is 0 Å². The molecular formula is C16H18F3N3O3. The van der Waals surface area contributed by atoms with Crippen LogP contribution in [0.3, 0.4) is 0 Å². The topological polar surface area (TPSA) is 56.5 Å². The first kappa shape index (κ1) is 17.5. The van der Waals surface area contributed by atoms with Gasteiger partial charge in [-0.1, -0.05) is 0 Å². The number of fused-ring (bicyclic) bond motifs is 1. The number of alkyl halides is 3. The van der Waals surface area contributed by atoms with E-state index >= 15 is 0 Å². The van der Waals surface area contributed by atoms with Gasteiger partial charge in [0.15, 0.2) is 0 Å². The number of hydrogen-bond donors (Lipinski definition) is 0. The van der Waals surface area contributed by atoms with Crippen molar-refractivity contribution in [2.75, 3.05) is 13.1 Å². The zero-order valence-corrected chi connectivity index (χ0v) is 14.1. The average molecular weight is 357 g/mol. The van der Waals surface area contributed by atoms with Crippen molar-refractivity contribution in [2.45, 2.75) is 25.8 Å². The molecule has 136 valence electrons. The summed E-state index contributed by atoms with van der Waals surface area (Å²) in [6, 6.07) is 0. The highest BCUT2D eigenvalue weighted by Gasteiger charge is 2.38. The first-order chi connectivity index (χ1) is 11.6. The van der Waals surface area contributed by atoms with Crippen LogP contribution in [0.25, 0.3) is 10.9 Å². The molecule has 1 unspecified atom stereocenters. The fraction of sp³-hybridized carbons (Fsp3) is 0.500. The third-order valence-corrected chi connectivity index (χ3v) is 4.44. The lowest BCUT2D eigenvalue weighted by molar-refractivity contribution is -0.340. The highest BCUT2D eigenvalue weighted by Crippen LogP contribution is 2.27. The highest BCUT2D eigenvalue weighted by molar-refractivity contribution is 6.07. The number of carbonyl (C=O) groups excluding carboxylic acids is 1. The minimum Gasteiger partial charge on any atom is -0.349 e. The van der Waals surface area contributed by atoms with E-state index in [4.69, 9.17) is 0 Å². The molecule has 0 bridgehead atoms. The molecule has 1 aliphatic rings. The van der Waals surface area contributed by atoms with Crippen LogP contribution in [0.15, 0.2) is 17.2 Å². The van der Waals surface area contributed by atoms with Gasteiger partial charge in [-0.2, -0.15) is 0 Å². The van der Waals surface area contributed by atoms with Crippen molar-refractivity contribution in [1.29, 1.82) is 0 Å². The maximum Gasteiger partial charge on any atom is 0.522 e. The van der Waals surface area contributed by atoms with Gasteiger partial charge in [-0.3, -0.25) is 14.3 Å². The quantitative estimate of drug-likeness (QED) is 0.825. The van der Waals surface area contributed by atoms with E-state index < -0.39 is 18.4 Å². The fourth-order valence-corrected chi connectivity index (χ4v) is 3.44. The molecule has 1 fully saturated rings. The summed E-state index contributed by atoms with van der Waals surface area (Å²) in [4.78, 5) is 26.6. The number of aryl methyl sites for hydroxylation is 3. The van der Waals surface area contributed by atoms with Gasteiger partial charge in [0.05, 0.1) is 22.6 Å². The number of rotatable bonds is 2. The molecule has 0 aromatic carbocycles. The molecule has 1 amide bonds. The van der Waals surface area contributed by atoms with E-state index in [1.165, 1.54) is 9.47 Å². The second-order valence-corrected chi connectivity index (χ2v) is 6.33. The zero-order valence-electron chi connectivity index (χ0n) is 14.1. The van der Waals surface area contributed by atoms with Crippen molar-refractivity contribution >= 4 is 16.8 Å². The van der Waals surface area contributed by atoms with Crippen LogP contribution >= 0.6 is 0 Å². The van der Waals surface area contributed by atoms with Crippen LogP contribution < -0.4 is 5.56 Å². The Morgan fingerprint density at radius 2 is 1.92 bits per heavy atom. The second kappa shape index (κ2) is 5.91. The molecule has 0 radical (unpaired) electrons. The van der Waals surface area contributed by atoms with E-state index in [-0.39, 0.29) is 36.0 Å². The predicted octanol–water partition coefficient (Wildman–Crippen LogP) is 1.94. The molecule has 0 N–H and O–H groups in total. The van der Waals surface area contributed by atoms with Crippen LogP contribution in [0.4, 0.5) is 13.2 Å². The average Bonchev–Trinajstić information content (AvgIpc) is 3.07. The van der Waals surface area contributed by atoms with Crippen LogP contribution in [-0.4, -0.2) is 45.5 Å². The molecule has 0 aliphatic carbocycles. The van der Waals surface area contributed by atoms with Crippen molar-refractivity contribution in [2.24, 2.45) is 14.1 Å². The number of ether oxygens (including phenoxy) is 1. The Labute approximate surface area is 141 Å². The minimum absolute atomic E-state index is 0.104. The molecule has 0 saturated carbocycles. The molecule has 25 heavy (non-hydrogen) atoms. The van der Waals surface area contributed by atoms with Crippen LogP contribution in [0, 0.1) is 6.92 Å². The Hall–Kier alpha value is -2.29. The second-order valence-electron chi connectivity index (χ2n) is 6.33. The highest BCUT2D eigenvalue weighted by atomic mass is 19.4. The minimum atomic E-state index is -4.73. The summed E-state index contributed by atoms with van der Waals surface area (Å²) in [6.45, 7) is 1.84. The Balaban J connectivity index is 1.95. The van der Waals surface area contributed by atoms with Gasteiger partial charge in [0.2, 0.25) is 0 Å². The summed E-state index contributed by atoms with van der Waals surface area (Å²) in [5.41, 5.74) is 1.37. The lowest BCUT2D eigenvalue weighted by atomic mass is 10.1. The predicted molar refractivity (Wildman–Crippen MR) is 84.3 cm³/mol. The Morgan fingerprint density at radius 3 is 2.56 bits per heavy atom. The summed E-state index contributed by atoms with van der Waals surface area (Å²) in [5, 5.41) is 0.287. The number of nitrogens with zero attached hydrogens (tertiary/aromatic N) is 3. The Morgan fingerprint density at radius 1 is 1.24 bits per heavy atom. The molecule has 1 atom stereocenters. The molecular weight excluding hydrogens is 339 g/mol. The molecule has 3 heterocycles. The summed E-state index contributed by atoms with van der Waals surface area (Å²) in [5.74, 6) is -0.457. The Bertz CT molecular complexity index is 898. The third kappa shape index (κ3) is 3.15. The summed E-state index contributed by atoms with van der Waals surface area (Å²) < 4.78 is 44.1. The largest absolute Gasteiger partial charge is 0.522 e. The number of amides is 1. The Kier molecular flexibility index (Phi) is 4.14. The number of halogens is 3. The standard InChI is InChI=1S/C16H18F3N3O3/c1-9-6-21(3)15(24)12-11(8-20(2)13(9)12)14(23)22-5-4-10(7-22)25-16(17,18)19/h6,8,10H,4-5,7H2,1-3H3. The van der Waals surface area contributed by atoms with Gasteiger partial charge in [0, 0.05) is 39.6 Å². The van der Waals surface area contributed by atoms with Gasteiger partial charge in [-0.15, -0.1) is 13.2 Å². The number of hydrogen-bond acceptors (Lipinski definition) is 3. The maximum atomic E-state index is 12.8. The molecule has 6 nitrogen and oxygen atoms in total. The molecule has 3 rings (SSSR count). The van der Waals surface area contributed by atoms with Gasteiger partial charge in [-0.05, 0) is 18.9 Å². The third-order valence-electron chi connectivity index (χ3n) is 4.44. The van der Waals surface area contributed by atoms with Crippen LogP contribution in [0.1, 0.15) is 22.3 Å². The van der Waals surface area contributed by atoms with Gasteiger partial charge in [0.1, 0.15) is 0 Å². The van der Waals surface area contributed by atoms with E-state index in [1.54, 1.807) is 31.1 Å². The number of likely N-dealkylation sites (tertiary alicyclic amines) is 1. The number of carbonyl (C=O) groups is 1. The van der Waals surface area contributed by atoms with Crippen molar-refractivity contribution in [3.8, 4) is 0 Å². The van der Waals surface area contributed by atoms with Crippen LogP contribution in [0.2, 0.25) is 0 Å². The fourth-order valence-electron chi connectivity index (χ4n) is 3.44. The zero-order chi connectivity index (χ0) is 18.5.